The van der Waals surface area contributed by atoms with E-state index in [4.69, 9.17) is 4.42 Å². The summed E-state index contributed by atoms with van der Waals surface area (Å²) < 4.78 is 45.1. The maximum Gasteiger partial charge on any atom is 0.416 e. The van der Waals surface area contributed by atoms with Crippen molar-refractivity contribution in [2.75, 3.05) is 6.54 Å². The number of aryl methyl sites for hydroxylation is 1. The van der Waals surface area contributed by atoms with Gasteiger partial charge in [-0.3, -0.25) is 4.79 Å². The smallest absolute Gasteiger partial charge is 0.416 e. The van der Waals surface area contributed by atoms with E-state index in [0.717, 1.165) is 6.07 Å². The SMILES string of the molecule is Cc1ccc(C(=O)N2C[C@@H](O)C[C@@H]2c2ccccc2C(F)(F)F)o1. The van der Waals surface area contributed by atoms with Crippen LogP contribution in [0, 0.1) is 6.92 Å². The molecular weight excluding hydrogens is 323 g/mol. The highest BCUT2D eigenvalue weighted by Gasteiger charge is 2.42. The summed E-state index contributed by atoms with van der Waals surface area (Å²) >= 11 is 0. The summed E-state index contributed by atoms with van der Waals surface area (Å²) in [5, 5.41) is 9.92. The summed E-state index contributed by atoms with van der Waals surface area (Å²) in [6.07, 6.45) is -5.35. The van der Waals surface area contributed by atoms with Crippen molar-refractivity contribution >= 4 is 5.91 Å². The van der Waals surface area contributed by atoms with Crippen LogP contribution >= 0.6 is 0 Å². The number of nitrogens with zero attached hydrogens (tertiary/aromatic N) is 1. The number of hydrogen-bond acceptors (Lipinski definition) is 3. The number of amides is 1. The van der Waals surface area contributed by atoms with Gasteiger partial charge in [0, 0.05) is 6.54 Å². The molecule has 1 aromatic heterocycles. The Morgan fingerprint density at radius 3 is 2.58 bits per heavy atom. The molecule has 2 heterocycles. The van der Waals surface area contributed by atoms with Gasteiger partial charge in [0.15, 0.2) is 5.76 Å². The first-order valence-corrected chi connectivity index (χ1v) is 7.49. The van der Waals surface area contributed by atoms with Crippen molar-refractivity contribution in [3.05, 3.63) is 59.0 Å². The first-order chi connectivity index (χ1) is 11.3. The number of carbonyl (C=O) groups excluding carboxylic acids is 1. The molecule has 1 aliphatic heterocycles. The Hall–Kier alpha value is -2.28. The zero-order chi connectivity index (χ0) is 17.5. The van der Waals surface area contributed by atoms with Crippen molar-refractivity contribution in [1.29, 1.82) is 0 Å². The molecule has 0 unspecified atom stereocenters. The maximum absolute atomic E-state index is 13.3. The van der Waals surface area contributed by atoms with Crippen LogP contribution in [0.5, 0.6) is 0 Å². The first-order valence-electron chi connectivity index (χ1n) is 7.49. The van der Waals surface area contributed by atoms with Gasteiger partial charge in [0.25, 0.3) is 5.91 Å². The fourth-order valence-corrected chi connectivity index (χ4v) is 3.07. The van der Waals surface area contributed by atoms with Crippen molar-refractivity contribution in [2.45, 2.75) is 31.7 Å². The number of furan rings is 1. The molecule has 4 nitrogen and oxygen atoms in total. The van der Waals surface area contributed by atoms with Gasteiger partial charge in [-0.15, -0.1) is 0 Å². The molecule has 3 rings (SSSR count). The van der Waals surface area contributed by atoms with Crippen LogP contribution < -0.4 is 0 Å². The standard InChI is InChI=1S/C17H16F3NO3/c1-10-6-7-15(24-10)16(23)21-9-11(22)8-14(21)12-4-2-3-5-13(12)17(18,19)20/h2-7,11,14,22H,8-9H2,1H3/t11-,14+/m0/s1. The molecular formula is C17H16F3NO3. The van der Waals surface area contributed by atoms with Gasteiger partial charge in [0.05, 0.1) is 17.7 Å². The van der Waals surface area contributed by atoms with Gasteiger partial charge >= 0.3 is 6.18 Å². The van der Waals surface area contributed by atoms with Gasteiger partial charge in [-0.25, -0.2) is 0 Å². The Kier molecular flexibility index (Phi) is 4.13. The van der Waals surface area contributed by atoms with Gasteiger partial charge in [-0.2, -0.15) is 13.2 Å². The molecule has 1 N–H and O–H groups in total. The van der Waals surface area contributed by atoms with Crippen molar-refractivity contribution in [2.24, 2.45) is 0 Å². The van der Waals surface area contributed by atoms with E-state index < -0.39 is 29.8 Å². The Bertz CT molecular complexity index is 754. The number of likely N-dealkylation sites (tertiary alicyclic amines) is 1. The summed E-state index contributed by atoms with van der Waals surface area (Å²) in [6, 6.07) is 7.37. The monoisotopic (exact) mass is 339 g/mol. The average molecular weight is 339 g/mol. The normalized spacial score (nSPS) is 21.3. The molecule has 0 radical (unpaired) electrons. The third kappa shape index (κ3) is 3.03. The molecule has 0 spiro atoms. The van der Waals surface area contributed by atoms with Crippen LogP contribution in [0.2, 0.25) is 0 Å². The lowest BCUT2D eigenvalue weighted by Gasteiger charge is -2.26. The van der Waals surface area contributed by atoms with Gasteiger partial charge in [-0.05, 0) is 37.1 Å². The summed E-state index contributed by atoms with van der Waals surface area (Å²) in [4.78, 5) is 13.8. The highest BCUT2D eigenvalue weighted by Crippen LogP contribution is 2.40. The molecule has 24 heavy (non-hydrogen) atoms. The van der Waals surface area contributed by atoms with E-state index in [9.17, 15) is 23.1 Å². The van der Waals surface area contributed by atoms with E-state index in [-0.39, 0.29) is 24.3 Å². The minimum atomic E-state index is -4.53. The van der Waals surface area contributed by atoms with Crippen LogP contribution in [-0.2, 0) is 6.18 Å². The number of rotatable bonds is 2. The summed E-state index contributed by atoms with van der Waals surface area (Å²) in [5.41, 5.74) is -0.810. The lowest BCUT2D eigenvalue weighted by atomic mass is 9.97. The molecule has 1 amide bonds. The van der Waals surface area contributed by atoms with Crippen LogP contribution in [0.3, 0.4) is 0 Å². The number of alkyl halides is 3. The van der Waals surface area contributed by atoms with Crippen molar-refractivity contribution in [1.82, 2.24) is 4.90 Å². The number of carbonyl (C=O) groups is 1. The summed E-state index contributed by atoms with van der Waals surface area (Å²) in [7, 11) is 0. The Labute approximate surface area is 136 Å². The van der Waals surface area contributed by atoms with Crippen LogP contribution in [0.25, 0.3) is 0 Å². The minimum Gasteiger partial charge on any atom is -0.456 e. The van der Waals surface area contributed by atoms with Crippen molar-refractivity contribution in [3.63, 3.8) is 0 Å². The van der Waals surface area contributed by atoms with E-state index >= 15 is 0 Å². The Morgan fingerprint density at radius 2 is 1.96 bits per heavy atom. The van der Waals surface area contributed by atoms with Gasteiger partial charge in [-0.1, -0.05) is 18.2 Å². The summed E-state index contributed by atoms with van der Waals surface area (Å²) in [6.45, 7) is 1.64. The predicted molar refractivity (Wildman–Crippen MR) is 79.3 cm³/mol. The second kappa shape index (κ2) is 5.98. The zero-order valence-corrected chi connectivity index (χ0v) is 12.9. The zero-order valence-electron chi connectivity index (χ0n) is 12.9. The highest BCUT2D eigenvalue weighted by molar-refractivity contribution is 5.92. The largest absolute Gasteiger partial charge is 0.456 e. The lowest BCUT2D eigenvalue weighted by Crippen LogP contribution is -2.32. The van der Waals surface area contributed by atoms with E-state index in [1.165, 1.54) is 29.2 Å². The molecule has 2 aromatic rings. The quantitative estimate of drug-likeness (QED) is 0.910. The van der Waals surface area contributed by atoms with Crippen LogP contribution in [0.1, 0.15) is 39.9 Å². The molecule has 128 valence electrons. The highest BCUT2D eigenvalue weighted by atomic mass is 19.4. The van der Waals surface area contributed by atoms with E-state index in [0.29, 0.717) is 5.76 Å². The fraction of sp³-hybridized carbons (Fsp3) is 0.353. The van der Waals surface area contributed by atoms with Crippen LogP contribution in [-0.4, -0.2) is 28.6 Å². The summed E-state index contributed by atoms with van der Waals surface area (Å²) in [5.74, 6) is 0.0584. The molecule has 1 aliphatic rings. The predicted octanol–water partition coefficient (Wildman–Crippen LogP) is 3.55. The van der Waals surface area contributed by atoms with Crippen LogP contribution in [0.15, 0.2) is 40.8 Å². The molecule has 0 bridgehead atoms. The molecule has 0 saturated carbocycles. The van der Waals surface area contributed by atoms with E-state index in [1.54, 1.807) is 13.0 Å². The second-order valence-corrected chi connectivity index (χ2v) is 5.86. The third-order valence-corrected chi connectivity index (χ3v) is 4.12. The molecule has 2 atom stereocenters. The van der Waals surface area contributed by atoms with Crippen molar-refractivity contribution < 1.29 is 27.5 Å². The molecule has 0 aliphatic carbocycles. The number of β-amino-alcohol motifs (C(OH)–C–C–N with tert-alkyl or cyclic N) is 1. The molecule has 1 saturated heterocycles. The lowest BCUT2D eigenvalue weighted by molar-refractivity contribution is -0.138. The Balaban J connectivity index is 1.99. The maximum atomic E-state index is 13.3. The van der Waals surface area contributed by atoms with Crippen LogP contribution in [0.4, 0.5) is 13.2 Å². The van der Waals surface area contributed by atoms with E-state index in [2.05, 4.69) is 0 Å². The fourth-order valence-electron chi connectivity index (χ4n) is 3.07. The minimum absolute atomic E-state index is 0.0156. The second-order valence-electron chi connectivity index (χ2n) is 5.86. The molecule has 7 heteroatoms. The Morgan fingerprint density at radius 1 is 1.25 bits per heavy atom. The third-order valence-electron chi connectivity index (χ3n) is 4.12. The first kappa shape index (κ1) is 16.6. The van der Waals surface area contributed by atoms with Crippen molar-refractivity contribution in [3.8, 4) is 0 Å². The number of aliphatic hydroxyl groups is 1. The molecule has 1 fully saturated rings. The average Bonchev–Trinajstić information content (AvgIpc) is 3.12. The molecule has 1 aromatic carbocycles. The van der Waals surface area contributed by atoms with E-state index in [1.807, 2.05) is 0 Å². The number of hydrogen-bond donors (Lipinski definition) is 1. The topological polar surface area (TPSA) is 53.7 Å². The number of halogens is 3. The number of benzene rings is 1. The van der Waals surface area contributed by atoms with Gasteiger partial charge < -0.3 is 14.4 Å². The van der Waals surface area contributed by atoms with Gasteiger partial charge in [0.2, 0.25) is 0 Å². The number of aliphatic hydroxyl groups excluding tert-OH is 1. The van der Waals surface area contributed by atoms with Gasteiger partial charge in [0.1, 0.15) is 5.76 Å².